The van der Waals surface area contributed by atoms with Crippen LogP contribution in [0, 0.1) is 0 Å². The molecule has 1 aromatic carbocycles. The smallest absolute Gasteiger partial charge is 0.335 e. The van der Waals surface area contributed by atoms with Gasteiger partial charge in [0, 0.05) is 5.56 Å². The molecule has 13 heavy (non-hydrogen) atoms. The van der Waals surface area contributed by atoms with Crippen molar-refractivity contribution in [3.05, 3.63) is 35.4 Å². The molecule has 0 saturated heterocycles. The summed E-state index contributed by atoms with van der Waals surface area (Å²) in [5.41, 5.74) is 1.56. The van der Waals surface area contributed by atoms with E-state index >= 15 is 0 Å². The zero-order valence-electron chi connectivity index (χ0n) is 7.78. The lowest BCUT2D eigenvalue weighted by Gasteiger charge is -1.98. The quantitative estimate of drug-likeness (QED) is 0.750. The van der Waals surface area contributed by atoms with E-state index in [4.69, 9.17) is 5.11 Å². The largest absolute Gasteiger partial charge is 0.478 e. The van der Waals surface area contributed by atoms with Gasteiger partial charge < -0.3 is 5.11 Å². The van der Waals surface area contributed by atoms with Crippen LogP contribution >= 0.6 is 0 Å². The molecule has 0 aromatic heterocycles. The van der Waals surface area contributed by atoms with Crippen LogP contribution in [0.5, 0.6) is 0 Å². The summed E-state index contributed by atoms with van der Waals surface area (Å²) in [7, 11) is 0.369. The standard InChI is InChI=1S/C10H12O2S/c1-13(2)7-8-3-5-9(6-4-8)10(11)12/h3-6H,7H2,1-2H3/p+1. The normalized spacial score (nSPS) is 10.4. The Labute approximate surface area is 80.9 Å². The summed E-state index contributed by atoms with van der Waals surface area (Å²) in [5.74, 6) is 0.165. The highest BCUT2D eigenvalue weighted by Gasteiger charge is 2.06. The molecule has 0 unspecified atom stereocenters. The Balaban J connectivity index is 2.75. The summed E-state index contributed by atoms with van der Waals surface area (Å²) in [6.07, 6.45) is 4.34. The molecule has 0 spiro atoms. The third-order valence-electron chi connectivity index (χ3n) is 1.66. The third kappa shape index (κ3) is 3.11. The van der Waals surface area contributed by atoms with E-state index < -0.39 is 5.97 Å². The molecule has 3 heteroatoms. The van der Waals surface area contributed by atoms with Gasteiger partial charge in [0.05, 0.1) is 18.1 Å². The summed E-state index contributed by atoms with van der Waals surface area (Å²) in [6, 6.07) is 7.09. The van der Waals surface area contributed by atoms with Crippen molar-refractivity contribution in [1.29, 1.82) is 0 Å². The van der Waals surface area contributed by atoms with Crippen LogP contribution in [-0.4, -0.2) is 23.6 Å². The van der Waals surface area contributed by atoms with Gasteiger partial charge >= 0.3 is 5.97 Å². The van der Waals surface area contributed by atoms with Crippen LogP contribution in [0.1, 0.15) is 15.9 Å². The van der Waals surface area contributed by atoms with Crippen LogP contribution in [0.2, 0.25) is 0 Å². The summed E-state index contributed by atoms with van der Waals surface area (Å²) < 4.78 is 0. The second-order valence-electron chi connectivity index (χ2n) is 3.13. The van der Waals surface area contributed by atoms with Gasteiger partial charge in [-0.2, -0.15) is 0 Å². The van der Waals surface area contributed by atoms with Crippen LogP contribution in [0.3, 0.4) is 0 Å². The van der Waals surface area contributed by atoms with E-state index in [1.165, 1.54) is 5.56 Å². The average molecular weight is 197 g/mol. The molecule has 0 aliphatic carbocycles. The zero-order chi connectivity index (χ0) is 9.84. The molecule has 1 aromatic rings. The maximum Gasteiger partial charge on any atom is 0.335 e. The van der Waals surface area contributed by atoms with Crippen molar-refractivity contribution in [2.45, 2.75) is 5.75 Å². The van der Waals surface area contributed by atoms with E-state index in [9.17, 15) is 4.79 Å². The maximum atomic E-state index is 10.5. The van der Waals surface area contributed by atoms with Gasteiger partial charge in [-0.05, 0) is 23.0 Å². The molecule has 70 valence electrons. The Kier molecular flexibility index (Phi) is 3.37. The van der Waals surface area contributed by atoms with Gasteiger partial charge in [0.15, 0.2) is 0 Å². The van der Waals surface area contributed by atoms with Gasteiger partial charge in [0.2, 0.25) is 0 Å². The number of carboxylic acids is 1. The summed E-state index contributed by atoms with van der Waals surface area (Å²) in [4.78, 5) is 10.5. The van der Waals surface area contributed by atoms with Crippen LogP contribution < -0.4 is 0 Å². The highest BCUT2D eigenvalue weighted by Crippen LogP contribution is 2.07. The average Bonchev–Trinajstić information content (AvgIpc) is 2.04. The number of carboxylic acid groups (broad SMARTS) is 1. The Hall–Kier alpha value is -0.960. The molecular weight excluding hydrogens is 184 g/mol. The fourth-order valence-corrected chi connectivity index (χ4v) is 1.94. The maximum absolute atomic E-state index is 10.5. The number of carbonyl (C=O) groups is 1. The van der Waals surface area contributed by atoms with Crippen molar-refractivity contribution < 1.29 is 9.90 Å². The highest BCUT2D eigenvalue weighted by molar-refractivity contribution is 7.94. The van der Waals surface area contributed by atoms with E-state index in [-0.39, 0.29) is 0 Å². The van der Waals surface area contributed by atoms with Crippen molar-refractivity contribution in [1.82, 2.24) is 0 Å². The fourth-order valence-electron chi connectivity index (χ4n) is 1.08. The minimum absolute atomic E-state index is 0.357. The topological polar surface area (TPSA) is 37.3 Å². The van der Waals surface area contributed by atoms with E-state index in [1.807, 2.05) is 12.1 Å². The number of hydrogen-bond acceptors (Lipinski definition) is 1. The van der Waals surface area contributed by atoms with E-state index in [2.05, 4.69) is 12.5 Å². The first-order valence-electron chi connectivity index (χ1n) is 3.96. The highest BCUT2D eigenvalue weighted by atomic mass is 32.2. The van der Waals surface area contributed by atoms with Gasteiger partial charge in [0.1, 0.15) is 5.75 Å². The van der Waals surface area contributed by atoms with Crippen molar-refractivity contribution in [3.63, 3.8) is 0 Å². The molecule has 0 atom stereocenters. The predicted octanol–water partition coefficient (Wildman–Crippen LogP) is 1.76. The molecule has 0 aliphatic rings. The molecule has 2 nitrogen and oxygen atoms in total. The Morgan fingerprint density at radius 2 is 1.85 bits per heavy atom. The third-order valence-corrected chi connectivity index (χ3v) is 2.57. The number of hydrogen-bond donors (Lipinski definition) is 1. The predicted molar refractivity (Wildman–Crippen MR) is 56.3 cm³/mol. The Morgan fingerprint density at radius 3 is 2.23 bits per heavy atom. The van der Waals surface area contributed by atoms with Crippen LogP contribution in [0.15, 0.2) is 24.3 Å². The van der Waals surface area contributed by atoms with Gasteiger partial charge in [-0.25, -0.2) is 4.79 Å². The molecule has 1 N–H and O–H groups in total. The molecule has 0 amide bonds. The lowest BCUT2D eigenvalue weighted by Crippen LogP contribution is -2.00. The monoisotopic (exact) mass is 197 g/mol. The first-order valence-corrected chi connectivity index (χ1v) is 6.17. The summed E-state index contributed by atoms with van der Waals surface area (Å²) in [5, 5.41) is 8.66. The fraction of sp³-hybridized carbons (Fsp3) is 0.300. The number of rotatable bonds is 3. The van der Waals surface area contributed by atoms with E-state index in [0.717, 1.165) is 5.75 Å². The Morgan fingerprint density at radius 1 is 1.31 bits per heavy atom. The van der Waals surface area contributed by atoms with Crippen molar-refractivity contribution in [2.24, 2.45) is 0 Å². The molecule has 0 bridgehead atoms. The van der Waals surface area contributed by atoms with E-state index in [1.54, 1.807) is 12.1 Å². The summed E-state index contributed by atoms with van der Waals surface area (Å²) in [6.45, 7) is 0. The Bertz CT molecular complexity index is 290. The molecular formula is C10H13O2S+. The molecule has 0 saturated carbocycles. The SMILES string of the molecule is C[S+](C)Cc1ccc(C(=O)O)cc1. The molecule has 1 rings (SSSR count). The van der Waals surface area contributed by atoms with E-state index in [0.29, 0.717) is 16.5 Å². The zero-order valence-corrected chi connectivity index (χ0v) is 8.60. The van der Waals surface area contributed by atoms with Crippen LogP contribution in [0.25, 0.3) is 0 Å². The van der Waals surface area contributed by atoms with Crippen molar-refractivity contribution >= 4 is 16.9 Å². The first kappa shape index (κ1) is 10.1. The van der Waals surface area contributed by atoms with Crippen LogP contribution in [-0.2, 0) is 16.6 Å². The van der Waals surface area contributed by atoms with Crippen LogP contribution in [0.4, 0.5) is 0 Å². The lowest BCUT2D eigenvalue weighted by atomic mass is 10.1. The van der Waals surface area contributed by atoms with Gasteiger partial charge in [-0.1, -0.05) is 12.1 Å². The van der Waals surface area contributed by atoms with Gasteiger partial charge in [-0.3, -0.25) is 0 Å². The second kappa shape index (κ2) is 4.33. The molecule has 0 aliphatic heterocycles. The van der Waals surface area contributed by atoms with Crippen molar-refractivity contribution in [2.75, 3.05) is 12.5 Å². The molecule has 0 radical (unpaired) electrons. The second-order valence-corrected chi connectivity index (χ2v) is 5.39. The summed E-state index contributed by atoms with van der Waals surface area (Å²) >= 11 is 0. The minimum Gasteiger partial charge on any atom is -0.478 e. The minimum atomic E-state index is -0.862. The van der Waals surface area contributed by atoms with Gasteiger partial charge in [0.25, 0.3) is 0 Å². The van der Waals surface area contributed by atoms with Gasteiger partial charge in [-0.15, -0.1) is 0 Å². The van der Waals surface area contributed by atoms with Crippen molar-refractivity contribution in [3.8, 4) is 0 Å². The molecule has 0 fully saturated rings. The number of aromatic carboxylic acids is 1. The first-order chi connectivity index (χ1) is 6.09. The molecule has 0 heterocycles. The lowest BCUT2D eigenvalue weighted by molar-refractivity contribution is 0.0697. The number of benzene rings is 1.